The Morgan fingerprint density at radius 2 is 2.18 bits per heavy atom. The lowest BCUT2D eigenvalue weighted by Crippen LogP contribution is -2.19. The van der Waals surface area contributed by atoms with Crippen LogP contribution in [0.4, 0.5) is 5.69 Å². The summed E-state index contributed by atoms with van der Waals surface area (Å²) in [5.41, 5.74) is 11.2. The van der Waals surface area contributed by atoms with Crippen LogP contribution in [-0.4, -0.2) is 18.6 Å². The largest absolute Gasteiger partial charge is 0.368 e. The minimum Gasteiger partial charge on any atom is -0.368 e. The summed E-state index contributed by atoms with van der Waals surface area (Å²) in [5, 5.41) is 2.09. The van der Waals surface area contributed by atoms with Crippen LogP contribution in [0.25, 0.3) is 0 Å². The van der Waals surface area contributed by atoms with Crippen LogP contribution in [0.5, 0.6) is 0 Å². The van der Waals surface area contributed by atoms with Crippen molar-refractivity contribution in [3.05, 3.63) is 46.4 Å². The van der Waals surface area contributed by atoms with Crippen LogP contribution in [0.2, 0.25) is 0 Å². The van der Waals surface area contributed by atoms with Gasteiger partial charge in [0.2, 0.25) is 0 Å². The number of nitrogens with two attached hydrogens (primary N) is 1. The highest BCUT2D eigenvalue weighted by Crippen LogP contribution is 2.21. The molecule has 0 saturated carbocycles. The fraction of sp³-hybridized carbons (Fsp3) is 0.308. The van der Waals surface area contributed by atoms with Gasteiger partial charge in [-0.05, 0) is 24.6 Å². The quantitative estimate of drug-likeness (QED) is 0.881. The molecule has 0 aliphatic heterocycles. The van der Waals surface area contributed by atoms with E-state index in [-0.39, 0.29) is 0 Å². The third-order valence-electron chi connectivity index (χ3n) is 2.70. The van der Waals surface area contributed by atoms with Crippen LogP contribution >= 0.6 is 11.3 Å². The molecule has 4 heteroatoms. The van der Waals surface area contributed by atoms with Gasteiger partial charge >= 0.3 is 0 Å². The number of anilines is 1. The average Bonchev–Trinajstić information content (AvgIpc) is 2.83. The van der Waals surface area contributed by atoms with Crippen molar-refractivity contribution in [1.82, 2.24) is 4.98 Å². The monoisotopic (exact) mass is 247 g/mol. The van der Waals surface area contributed by atoms with Crippen LogP contribution < -0.4 is 10.6 Å². The maximum absolute atomic E-state index is 5.64. The first-order chi connectivity index (χ1) is 8.31. The van der Waals surface area contributed by atoms with Crippen molar-refractivity contribution in [2.75, 3.05) is 18.5 Å². The predicted octanol–water partition coefficient (Wildman–Crippen LogP) is 2.28. The SMILES string of the molecule is CN(Cc1cscn1)c1ccccc1CCN. The fourth-order valence-electron chi connectivity index (χ4n) is 1.89. The molecule has 2 N–H and O–H groups in total. The zero-order valence-electron chi connectivity index (χ0n) is 9.97. The molecule has 1 aromatic carbocycles. The van der Waals surface area contributed by atoms with E-state index >= 15 is 0 Å². The van der Waals surface area contributed by atoms with Crippen molar-refractivity contribution >= 4 is 17.0 Å². The number of nitrogens with zero attached hydrogens (tertiary/aromatic N) is 2. The van der Waals surface area contributed by atoms with Crippen LogP contribution in [0, 0.1) is 0 Å². The van der Waals surface area contributed by atoms with Gasteiger partial charge in [-0.25, -0.2) is 4.98 Å². The number of hydrogen-bond acceptors (Lipinski definition) is 4. The molecule has 0 unspecified atom stereocenters. The normalized spacial score (nSPS) is 10.5. The molecule has 0 atom stereocenters. The first kappa shape index (κ1) is 12.1. The minimum atomic E-state index is 0.682. The number of hydrogen-bond donors (Lipinski definition) is 1. The zero-order valence-corrected chi connectivity index (χ0v) is 10.8. The lowest BCUT2D eigenvalue weighted by Gasteiger charge is -2.21. The first-order valence-electron chi connectivity index (χ1n) is 5.67. The standard InChI is InChI=1S/C13H17N3S/c1-16(8-12-9-17-10-15-12)13-5-3-2-4-11(13)6-7-14/h2-5,9-10H,6-8,14H2,1H3. The number of thiazole rings is 1. The van der Waals surface area contributed by atoms with Gasteiger partial charge in [-0.2, -0.15) is 0 Å². The maximum atomic E-state index is 5.64. The molecule has 0 aliphatic rings. The van der Waals surface area contributed by atoms with Gasteiger partial charge in [-0.3, -0.25) is 0 Å². The van der Waals surface area contributed by atoms with Gasteiger partial charge in [0.1, 0.15) is 0 Å². The van der Waals surface area contributed by atoms with E-state index in [1.54, 1.807) is 11.3 Å². The Balaban J connectivity index is 2.15. The summed E-state index contributed by atoms with van der Waals surface area (Å²) in [7, 11) is 2.09. The summed E-state index contributed by atoms with van der Waals surface area (Å²) in [4.78, 5) is 6.53. The second kappa shape index (κ2) is 5.80. The van der Waals surface area contributed by atoms with Crippen LogP contribution in [-0.2, 0) is 13.0 Å². The van der Waals surface area contributed by atoms with Crippen molar-refractivity contribution < 1.29 is 0 Å². The molecule has 17 heavy (non-hydrogen) atoms. The Labute approximate surface area is 106 Å². The maximum Gasteiger partial charge on any atom is 0.0795 e. The Hall–Kier alpha value is -1.39. The number of benzene rings is 1. The van der Waals surface area contributed by atoms with Crippen molar-refractivity contribution in [1.29, 1.82) is 0 Å². The average molecular weight is 247 g/mol. The van der Waals surface area contributed by atoms with E-state index in [9.17, 15) is 0 Å². The molecule has 0 saturated heterocycles. The first-order valence-corrected chi connectivity index (χ1v) is 6.61. The molecule has 90 valence electrons. The van der Waals surface area contributed by atoms with Gasteiger partial charge in [-0.1, -0.05) is 18.2 Å². The summed E-state index contributed by atoms with van der Waals surface area (Å²) in [6, 6.07) is 8.40. The van der Waals surface area contributed by atoms with E-state index in [1.807, 2.05) is 5.51 Å². The molecule has 1 aromatic heterocycles. The molecule has 2 aromatic rings. The smallest absolute Gasteiger partial charge is 0.0795 e. The predicted molar refractivity (Wildman–Crippen MR) is 73.4 cm³/mol. The van der Waals surface area contributed by atoms with Crippen LogP contribution in [0.3, 0.4) is 0 Å². The third-order valence-corrected chi connectivity index (χ3v) is 3.33. The van der Waals surface area contributed by atoms with Gasteiger partial charge < -0.3 is 10.6 Å². The molecular formula is C13H17N3S. The van der Waals surface area contributed by atoms with Crippen molar-refractivity contribution in [3.8, 4) is 0 Å². The highest BCUT2D eigenvalue weighted by atomic mass is 32.1. The molecule has 0 spiro atoms. The third kappa shape index (κ3) is 3.05. The summed E-state index contributed by atoms with van der Waals surface area (Å²) in [5.74, 6) is 0. The van der Waals surface area contributed by atoms with E-state index < -0.39 is 0 Å². The fourth-order valence-corrected chi connectivity index (χ4v) is 2.44. The topological polar surface area (TPSA) is 42.2 Å². The summed E-state index contributed by atoms with van der Waals surface area (Å²) in [6.45, 7) is 1.52. The molecule has 0 aliphatic carbocycles. The lowest BCUT2D eigenvalue weighted by atomic mass is 10.1. The van der Waals surface area contributed by atoms with E-state index in [1.165, 1.54) is 11.3 Å². The lowest BCUT2D eigenvalue weighted by molar-refractivity contribution is 0.873. The summed E-state index contributed by atoms with van der Waals surface area (Å²) in [6.07, 6.45) is 0.914. The van der Waals surface area contributed by atoms with E-state index in [2.05, 4.69) is 46.6 Å². The zero-order chi connectivity index (χ0) is 12.1. The molecular weight excluding hydrogens is 230 g/mol. The molecule has 3 nitrogen and oxygen atoms in total. The summed E-state index contributed by atoms with van der Waals surface area (Å²) >= 11 is 1.63. The van der Waals surface area contributed by atoms with Gasteiger partial charge in [0, 0.05) is 18.1 Å². The molecule has 0 amide bonds. The van der Waals surface area contributed by atoms with Crippen molar-refractivity contribution in [2.24, 2.45) is 5.73 Å². The summed E-state index contributed by atoms with van der Waals surface area (Å²) < 4.78 is 0. The van der Waals surface area contributed by atoms with Crippen molar-refractivity contribution in [3.63, 3.8) is 0 Å². The van der Waals surface area contributed by atoms with Gasteiger partial charge in [0.15, 0.2) is 0 Å². The minimum absolute atomic E-state index is 0.682. The number of aromatic nitrogens is 1. The van der Waals surface area contributed by atoms with E-state index in [4.69, 9.17) is 5.73 Å². The molecule has 0 fully saturated rings. The van der Waals surface area contributed by atoms with Gasteiger partial charge in [0.05, 0.1) is 17.7 Å². The molecule has 2 rings (SSSR count). The van der Waals surface area contributed by atoms with Crippen molar-refractivity contribution in [2.45, 2.75) is 13.0 Å². The van der Waals surface area contributed by atoms with E-state index in [0.29, 0.717) is 6.54 Å². The van der Waals surface area contributed by atoms with Crippen LogP contribution in [0.15, 0.2) is 35.2 Å². The van der Waals surface area contributed by atoms with Gasteiger partial charge in [-0.15, -0.1) is 11.3 Å². The Morgan fingerprint density at radius 3 is 2.88 bits per heavy atom. The molecule has 0 bridgehead atoms. The second-order valence-electron chi connectivity index (χ2n) is 4.00. The highest BCUT2D eigenvalue weighted by molar-refractivity contribution is 7.07. The Morgan fingerprint density at radius 1 is 1.35 bits per heavy atom. The number of para-hydroxylation sites is 1. The van der Waals surface area contributed by atoms with Gasteiger partial charge in [0.25, 0.3) is 0 Å². The Kier molecular flexibility index (Phi) is 4.12. The Bertz CT molecular complexity index is 453. The van der Waals surface area contributed by atoms with Crippen LogP contribution in [0.1, 0.15) is 11.3 Å². The number of rotatable bonds is 5. The molecule has 0 radical (unpaired) electrons. The molecule has 1 heterocycles. The highest BCUT2D eigenvalue weighted by Gasteiger charge is 2.07. The van der Waals surface area contributed by atoms with E-state index in [0.717, 1.165) is 18.7 Å². The second-order valence-corrected chi connectivity index (χ2v) is 4.72.